The first kappa shape index (κ1) is 16.5. The fourth-order valence-electron chi connectivity index (χ4n) is 1.75. The van der Waals surface area contributed by atoms with E-state index in [9.17, 15) is 4.79 Å². The number of carbonyl (C=O) groups is 1. The first-order chi connectivity index (χ1) is 10.6. The Balaban J connectivity index is 1.85. The molecule has 0 heterocycles. The Kier molecular flexibility index (Phi) is 5.92. The molecular formula is C16H14Cl2O4. The summed E-state index contributed by atoms with van der Waals surface area (Å²) in [4.78, 5) is 11.7. The second-order valence-corrected chi connectivity index (χ2v) is 5.18. The SMILES string of the molecule is COc1ccccc1COC(=O)COc1ccc(Cl)cc1Cl. The average Bonchev–Trinajstić information content (AvgIpc) is 2.52. The van der Waals surface area contributed by atoms with Crippen LogP contribution in [-0.2, 0) is 16.1 Å². The molecule has 0 spiro atoms. The highest BCUT2D eigenvalue weighted by molar-refractivity contribution is 6.35. The molecule has 0 aliphatic heterocycles. The maximum atomic E-state index is 11.7. The van der Waals surface area contributed by atoms with Gasteiger partial charge in [-0.2, -0.15) is 0 Å². The number of hydrogen-bond acceptors (Lipinski definition) is 4. The van der Waals surface area contributed by atoms with Gasteiger partial charge in [0, 0.05) is 10.6 Å². The van der Waals surface area contributed by atoms with Crippen molar-refractivity contribution in [1.82, 2.24) is 0 Å². The van der Waals surface area contributed by atoms with E-state index in [1.807, 2.05) is 18.2 Å². The number of para-hydroxylation sites is 1. The van der Waals surface area contributed by atoms with Crippen molar-refractivity contribution in [3.63, 3.8) is 0 Å². The summed E-state index contributed by atoms with van der Waals surface area (Å²) < 4.78 is 15.6. The topological polar surface area (TPSA) is 44.8 Å². The van der Waals surface area contributed by atoms with Gasteiger partial charge in [-0.05, 0) is 24.3 Å². The zero-order chi connectivity index (χ0) is 15.9. The predicted molar refractivity (Wildman–Crippen MR) is 84.7 cm³/mol. The van der Waals surface area contributed by atoms with E-state index in [2.05, 4.69) is 0 Å². The molecule has 0 fully saturated rings. The van der Waals surface area contributed by atoms with Gasteiger partial charge in [0.05, 0.1) is 12.1 Å². The molecule has 22 heavy (non-hydrogen) atoms. The molecule has 6 heteroatoms. The molecule has 0 aliphatic rings. The zero-order valence-electron chi connectivity index (χ0n) is 11.8. The third-order valence-corrected chi connectivity index (χ3v) is 3.35. The van der Waals surface area contributed by atoms with Crippen LogP contribution in [0.1, 0.15) is 5.56 Å². The lowest BCUT2D eigenvalue weighted by Crippen LogP contribution is -2.15. The van der Waals surface area contributed by atoms with Gasteiger partial charge in [-0.1, -0.05) is 41.4 Å². The summed E-state index contributed by atoms with van der Waals surface area (Å²) in [6, 6.07) is 12.1. The maximum Gasteiger partial charge on any atom is 0.344 e. The molecule has 2 aromatic rings. The van der Waals surface area contributed by atoms with Gasteiger partial charge >= 0.3 is 5.97 Å². The monoisotopic (exact) mass is 340 g/mol. The summed E-state index contributed by atoms with van der Waals surface area (Å²) in [5.74, 6) is 0.536. The number of carbonyl (C=O) groups excluding carboxylic acids is 1. The minimum atomic E-state index is -0.503. The van der Waals surface area contributed by atoms with Crippen molar-refractivity contribution in [2.75, 3.05) is 13.7 Å². The summed E-state index contributed by atoms with van der Waals surface area (Å²) in [5, 5.41) is 0.834. The van der Waals surface area contributed by atoms with Crippen LogP contribution < -0.4 is 9.47 Å². The zero-order valence-corrected chi connectivity index (χ0v) is 13.4. The van der Waals surface area contributed by atoms with E-state index in [0.29, 0.717) is 21.5 Å². The molecule has 0 radical (unpaired) electrons. The van der Waals surface area contributed by atoms with E-state index in [4.69, 9.17) is 37.4 Å². The van der Waals surface area contributed by atoms with Crippen molar-refractivity contribution in [3.05, 3.63) is 58.1 Å². The second-order valence-electron chi connectivity index (χ2n) is 4.34. The quantitative estimate of drug-likeness (QED) is 0.742. The normalized spacial score (nSPS) is 10.1. The van der Waals surface area contributed by atoms with Crippen LogP contribution in [0.3, 0.4) is 0 Å². The Morgan fingerprint density at radius 1 is 1.09 bits per heavy atom. The number of benzene rings is 2. The molecular weight excluding hydrogens is 327 g/mol. The van der Waals surface area contributed by atoms with Gasteiger partial charge in [-0.3, -0.25) is 0 Å². The van der Waals surface area contributed by atoms with Crippen molar-refractivity contribution in [2.24, 2.45) is 0 Å². The maximum absolute atomic E-state index is 11.7. The van der Waals surface area contributed by atoms with Crippen molar-refractivity contribution < 1.29 is 19.0 Å². The predicted octanol–water partition coefficient (Wildman–Crippen LogP) is 4.12. The van der Waals surface area contributed by atoms with Crippen molar-refractivity contribution >= 4 is 29.2 Å². The molecule has 116 valence electrons. The van der Waals surface area contributed by atoms with Crippen LogP contribution in [-0.4, -0.2) is 19.7 Å². The van der Waals surface area contributed by atoms with Gasteiger partial charge in [0.1, 0.15) is 18.1 Å². The summed E-state index contributed by atoms with van der Waals surface area (Å²) in [6.07, 6.45) is 0. The smallest absolute Gasteiger partial charge is 0.344 e. The molecule has 0 atom stereocenters. The minimum absolute atomic E-state index is 0.112. The molecule has 0 saturated heterocycles. The van der Waals surface area contributed by atoms with E-state index in [-0.39, 0.29) is 13.2 Å². The van der Waals surface area contributed by atoms with Crippen LogP contribution in [0.2, 0.25) is 10.0 Å². The van der Waals surface area contributed by atoms with E-state index in [0.717, 1.165) is 5.56 Å². The molecule has 0 saturated carbocycles. The lowest BCUT2D eigenvalue weighted by molar-refractivity contribution is -0.147. The lowest BCUT2D eigenvalue weighted by Gasteiger charge is -2.10. The van der Waals surface area contributed by atoms with Crippen LogP contribution >= 0.6 is 23.2 Å². The Labute approximate surface area is 138 Å². The van der Waals surface area contributed by atoms with E-state index < -0.39 is 5.97 Å². The second kappa shape index (κ2) is 7.92. The fraction of sp³-hybridized carbons (Fsp3) is 0.188. The van der Waals surface area contributed by atoms with Crippen molar-refractivity contribution in [3.8, 4) is 11.5 Å². The Morgan fingerprint density at radius 2 is 1.86 bits per heavy atom. The molecule has 0 unspecified atom stereocenters. The number of esters is 1. The van der Waals surface area contributed by atoms with Crippen LogP contribution in [0.25, 0.3) is 0 Å². The van der Waals surface area contributed by atoms with E-state index in [1.54, 1.807) is 31.4 Å². The van der Waals surface area contributed by atoms with Gasteiger partial charge < -0.3 is 14.2 Å². The van der Waals surface area contributed by atoms with Crippen LogP contribution in [0.5, 0.6) is 11.5 Å². The lowest BCUT2D eigenvalue weighted by atomic mass is 10.2. The van der Waals surface area contributed by atoms with Gasteiger partial charge in [-0.15, -0.1) is 0 Å². The molecule has 0 bridgehead atoms. The highest BCUT2D eigenvalue weighted by Gasteiger charge is 2.09. The molecule has 0 aromatic heterocycles. The number of hydrogen-bond donors (Lipinski definition) is 0. The standard InChI is InChI=1S/C16H14Cl2O4/c1-20-14-5-3-2-4-11(14)9-22-16(19)10-21-15-7-6-12(17)8-13(15)18/h2-8H,9-10H2,1H3. The summed E-state index contributed by atoms with van der Waals surface area (Å²) in [7, 11) is 1.56. The van der Waals surface area contributed by atoms with Gasteiger partial charge in [0.2, 0.25) is 0 Å². The highest BCUT2D eigenvalue weighted by atomic mass is 35.5. The Morgan fingerprint density at radius 3 is 2.59 bits per heavy atom. The van der Waals surface area contributed by atoms with Gasteiger partial charge in [0.25, 0.3) is 0 Å². The summed E-state index contributed by atoms with van der Waals surface area (Å²) in [6.45, 7) is -0.128. The molecule has 2 aromatic carbocycles. The van der Waals surface area contributed by atoms with Crippen LogP contribution in [0.15, 0.2) is 42.5 Å². The number of methoxy groups -OCH3 is 1. The van der Waals surface area contributed by atoms with Crippen molar-refractivity contribution in [2.45, 2.75) is 6.61 Å². The minimum Gasteiger partial charge on any atom is -0.496 e. The third kappa shape index (κ3) is 4.55. The Hall–Kier alpha value is -1.91. The number of ether oxygens (including phenoxy) is 3. The van der Waals surface area contributed by atoms with Crippen LogP contribution in [0, 0.1) is 0 Å². The van der Waals surface area contributed by atoms with E-state index in [1.165, 1.54) is 0 Å². The van der Waals surface area contributed by atoms with E-state index >= 15 is 0 Å². The van der Waals surface area contributed by atoms with Gasteiger partial charge in [-0.25, -0.2) is 4.79 Å². The number of rotatable bonds is 6. The first-order valence-electron chi connectivity index (χ1n) is 6.45. The largest absolute Gasteiger partial charge is 0.496 e. The van der Waals surface area contributed by atoms with Crippen molar-refractivity contribution in [1.29, 1.82) is 0 Å². The molecule has 0 amide bonds. The average molecular weight is 341 g/mol. The molecule has 0 N–H and O–H groups in total. The third-order valence-electron chi connectivity index (χ3n) is 2.82. The molecule has 4 nitrogen and oxygen atoms in total. The molecule has 0 aliphatic carbocycles. The fourth-order valence-corrected chi connectivity index (χ4v) is 2.21. The Bertz CT molecular complexity index is 658. The van der Waals surface area contributed by atoms with Crippen LogP contribution in [0.4, 0.5) is 0 Å². The highest BCUT2D eigenvalue weighted by Crippen LogP contribution is 2.27. The first-order valence-corrected chi connectivity index (χ1v) is 7.21. The van der Waals surface area contributed by atoms with Gasteiger partial charge in [0.15, 0.2) is 6.61 Å². The number of halogens is 2. The molecule has 2 rings (SSSR count). The summed E-state index contributed by atoms with van der Waals surface area (Å²) >= 11 is 11.7. The summed E-state index contributed by atoms with van der Waals surface area (Å²) in [5.41, 5.74) is 0.780.